The van der Waals surface area contributed by atoms with Crippen LogP contribution in [0.25, 0.3) is 0 Å². The van der Waals surface area contributed by atoms with Crippen molar-refractivity contribution in [2.45, 2.75) is 26.8 Å². The van der Waals surface area contributed by atoms with Crippen LogP contribution in [0.3, 0.4) is 0 Å². The van der Waals surface area contributed by atoms with E-state index < -0.39 is 11.5 Å². The summed E-state index contributed by atoms with van der Waals surface area (Å²) in [6.45, 7) is 4.93. The first-order chi connectivity index (χ1) is 8.78. The van der Waals surface area contributed by atoms with Gasteiger partial charge in [-0.2, -0.15) is 0 Å². The van der Waals surface area contributed by atoms with Gasteiger partial charge in [-0.1, -0.05) is 12.1 Å². The van der Waals surface area contributed by atoms with E-state index in [1.54, 1.807) is 38.1 Å². The van der Waals surface area contributed by atoms with Crippen LogP contribution in [0.4, 0.5) is 5.69 Å². The van der Waals surface area contributed by atoms with E-state index in [2.05, 4.69) is 5.32 Å². The van der Waals surface area contributed by atoms with Crippen molar-refractivity contribution in [3.05, 3.63) is 29.8 Å². The van der Waals surface area contributed by atoms with Gasteiger partial charge in [0.2, 0.25) is 5.91 Å². The molecule has 3 N–H and O–H groups in total. The number of ether oxygens (including phenoxy) is 1. The van der Waals surface area contributed by atoms with Gasteiger partial charge in [0.1, 0.15) is 0 Å². The van der Waals surface area contributed by atoms with E-state index in [1.807, 2.05) is 0 Å². The van der Waals surface area contributed by atoms with Crippen molar-refractivity contribution in [3.63, 3.8) is 0 Å². The van der Waals surface area contributed by atoms with Gasteiger partial charge in [-0.25, -0.2) is 0 Å². The van der Waals surface area contributed by atoms with Crippen molar-refractivity contribution in [1.29, 1.82) is 0 Å². The molecule has 19 heavy (non-hydrogen) atoms. The smallest absolute Gasteiger partial charge is 0.313 e. The molecule has 104 valence electrons. The Hall–Kier alpha value is -1.88. The largest absolute Gasteiger partial charge is 0.469 e. The lowest BCUT2D eigenvalue weighted by molar-refractivity contribution is -0.152. The number of methoxy groups -OCH3 is 1. The zero-order valence-corrected chi connectivity index (χ0v) is 11.7. The number of nitrogens with one attached hydrogen (secondary N) is 1. The summed E-state index contributed by atoms with van der Waals surface area (Å²) in [5, 5.41) is 2.67. The summed E-state index contributed by atoms with van der Waals surface area (Å²) in [6, 6.07) is 6.61. The number of hydrogen-bond acceptors (Lipinski definition) is 4. The Labute approximate surface area is 113 Å². The molecule has 0 aliphatic heterocycles. The van der Waals surface area contributed by atoms with E-state index >= 15 is 0 Å². The van der Waals surface area contributed by atoms with Gasteiger partial charge in [0, 0.05) is 18.7 Å². The molecule has 5 heteroatoms. The molecule has 1 amide bonds. The number of carbonyl (C=O) groups is 2. The number of nitrogens with two attached hydrogens (primary N) is 1. The first-order valence-electron chi connectivity index (χ1n) is 6.00. The second kappa shape index (κ2) is 5.84. The van der Waals surface area contributed by atoms with Crippen LogP contribution in [0.15, 0.2) is 24.3 Å². The molecule has 1 atom stereocenters. The standard InChI is InChI=1S/C14H20N2O3/c1-9(17)16-11-7-5-10(6-8-11)12(15)14(2,3)13(18)19-4/h5-8,12H,15H2,1-4H3,(H,16,17)/t12-/m0/s1. The van der Waals surface area contributed by atoms with E-state index in [4.69, 9.17) is 10.5 Å². The van der Waals surface area contributed by atoms with Crippen molar-refractivity contribution >= 4 is 17.6 Å². The van der Waals surface area contributed by atoms with Crippen LogP contribution in [-0.4, -0.2) is 19.0 Å². The number of amides is 1. The Morgan fingerprint density at radius 2 is 1.79 bits per heavy atom. The van der Waals surface area contributed by atoms with Crippen molar-refractivity contribution in [1.82, 2.24) is 0 Å². The van der Waals surface area contributed by atoms with Gasteiger partial charge < -0.3 is 15.8 Å². The first-order valence-corrected chi connectivity index (χ1v) is 6.00. The first kappa shape index (κ1) is 15.2. The number of hydrogen-bond donors (Lipinski definition) is 2. The van der Waals surface area contributed by atoms with E-state index in [9.17, 15) is 9.59 Å². The molecule has 1 rings (SSSR count). The quantitative estimate of drug-likeness (QED) is 0.813. The zero-order chi connectivity index (χ0) is 14.6. The molecule has 1 aromatic rings. The summed E-state index contributed by atoms with van der Waals surface area (Å²) in [6.07, 6.45) is 0. The SMILES string of the molecule is COC(=O)C(C)(C)[C@@H](N)c1ccc(NC(C)=O)cc1. The van der Waals surface area contributed by atoms with Crippen LogP contribution in [0.5, 0.6) is 0 Å². The summed E-state index contributed by atoms with van der Waals surface area (Å²) < 4.78 is 4.76. The van der Waals surface area contributed by atoms with Gasteiger partial charge in [0.25, 0.3) is 0 Å². The van der Waals surface area contributed by atoms with Gasteiger partial charge in [-0.3, -0.25) is 9.59 Å². The van der Waals surface area contributed by atoms with Crippen LogP contribution in [0, 0.1) is 5.41 Å². The highest BCUT2D eigenvalue weighted by molar-refractivity contribution is 5.88. The van der Waals surface area contributed by atoms with E-state index in [0.717, 1.165) is 5.56 Å². The summed E-state index contributed by atoms with van der Waals surface area (Å²) in [7, 11) is 1.34. The monoisotopic (exact) mass is 264 g/mol. The summed E-state index contributed by atoms with van der Waals surface area (Å²) in [5.41, 5.74) is 6.80. The lowest BCUT2D eigenvalue weighted by Gasteiger charge is -2.29. The predicted molar refractivity (Wildman–Crippen MR) is 73.5 cm³/mol. The lowest BCUT2D eigenvalue weighted by atomic mass is 9.81. The Balaban J connectivity index is 2.91. The Kier molecular flexibility index (Phi) is 4.67. The van der Waals surface area contributed by atoms with E-state index in [0.29, 0.717) is 5.69 Å². The van der Waals surface area contributed by atoms with Gasteiger partial charge in [-0.05, 0) is 31.5 Å². The van der Waals surface area contributed by atoms with Crippen LogP contribution >= 0.6 is 0 Å². The molecular weight excluding hydrogens is 244 g/mol. The third-order valence-electron chi connectivity index (χ3n) is 3.08. The fourth-order valence-electron chi connectivity index (χ4n) is 1.78. The number of benzene rings is 1. The lowest BCUT2D eigenvalue weighted by Crippen LogP contribution is -2.37. The average Bonchev–Trinajstić information content (AvgIpc) is 2.37. The summed E-state index contributed by atoms with van der Waals surface area (Å²) >= 11 is 0. The van der Waals surface area contributed by atoms with Gasteiger partial charge in [0.05, 0.1) is 12.5 Å². The van der Waals surface area contributed by atoms with Gasteiger partial charge >= 0.3 is 5.97 Å². The summed E-state index contributed by atoms with van der Waals surface area (Å²) in [5.74, 6) is -0.488. The fourth-order valence-corrected chi connectivity index (χ4v) is 1.78. The highest BCUT2D eigenvalue weighted by Gasteiger charge is 2.36. The minimum absolute atomic E-state index is 0.132. The molecule has 1 aromatic carbocycles. The van der Waals surface area contributed by atoms with Crippen LogP contribution in [-0.2, 0) is 14.3 Å². The Morgan fingerprint density at radius 1 is 1.26 bits per heavy atom. The van der Waals surface area contributed by atoms with E-state index in [-0.39, 0.29) is 11.9 Å². The maximum absolute atomic E-state index is 11.7. The third-order valence-corrected chi connectivity index (χ3v) is 3.08. The Morgan fingerprint density at radius 3 is 2.21 bits per heavy atom. The van der Waals surface area contributed by atoms with E-state index in [1.165, 1.54) is 14.0 Å². The maximum atomic E-state index is 11.7. The van der Waals surface area contributed by atoms with Crippen LogP contribution in [0.1, 0.15) is 32.4 Å². The zero-order valence-electron chi connectivity index (χ0n) is 11.7. The molecule has 0 fully saturated rings. The molecule has 0 saturated carbocycles. The van der Waals surface area contributed by atoms with Crippen LogP contribution < -0.4 is 11.1 Å². The average molecular weight is 264 g/mol. The highest BCUT2D eigenvalue weighted by atomic mass is 16.5. The van der Waals surface area contributed by atoms with Crippen LogP contribution in [0.2, 0.25) is 0 Å². The molecular formula is C14H20N2O3. The normalized spacial score (nSPS) is 12.7. The second-order valence-electron chi connectivity index (χ2n) is 4.99. The molecule has 0 saturated heterocycles. The summed E-state index contributed by atoms with van der Waals surface area (Å²) in [4.78, 5) is 22.6. The Bertz CT molecular complexity index is 466. The minimum Gasteiger partial charge on any atom is -0.469 e. The van der Waals surface area contributed by atoms with Gasteiger partial charge in [-0.15, -0.1) is 0 Å². The molecule has 0 heterocycles. The molecule has 0 aliphatic rings. The number of esters is 1. The molecule has 5 nitrogen and oxygen atoms in total. The topological polar surface area (TPSA) is 81.4 Å². The molecule has 0 aromatic heterocycles. The predicted octanol–water partition coefficient (Wildman–Crippen LogP) is 1.84. The van der Waals surface area contributed by atoms with Crippen molar-refractivity contribution < 1.29 is 14.3 Å². The second-order valence-corrected chi connectivity index (χ2v) is 4.99. The van der Waals surface area contributed by atoms with Crippen molar-refractivity contribution in [2.75, 3.05) is 12.4 Å². The van der Waals surface area contributed by atoms with Gasteiger partial charge in [0.15, 0.2) is 0 Å². The highest BCUT2D eigenvalue weighted by Crippen LogP contribution is 2.32. The molecule has 0 unspecified atom stereocenters. The number of carbonyl (C=O) groups excluding carboxylic acids is 2. The van der Waals surface area contributed by atoms with Crippen molar-refractivity contribution in [2.24, 2.45) is 11.1 Å². The fraction of sp³-hybridized carbons (Fsp3) is 0.429. The maximum Gasteiger partial charge on any atom is 0.313 e. The molecule has 0 spiro atoms. The molecule has 0 radical (unpaired) electrons. The van der Waals surface area contributed by atoms with Crippen molar-refractivity contribution in [3.8, 4) is 0 Å². The molecule has 0 aliphatic carbocycles. The number of anilines is 1. The molecule has 0 bridgehead atoms. The number of rotatable bonds is 4. The minimum atomic E-state index is -0.815. The third kappa shape index (κ3) is 3.54.